The molecule has 0 bridgehead atoms. The van der Waals surface area contributed by atoms with E-state index in [1.54, 1.807) is 24.4 Å². The van der Waals surface area contributed by atoms with E-state index in [0.29, 0.717) is 15.7 Å². The van der Waals surface area contributed by atoms with Gasteiger partial charge in [0.1, 0.15) is 0 Å². The third-order valence-electron chi connectivity index (χ3n) is 2.41. The minimum Gasteiger partial charge on any atom is -0.481 e. The van der Waals surface area contributed by atoms with E-state index >= 15 is 0 Å². The van der Waals surface area contributed by atoms with Crippen LogP contribution in [0.1, 0.15) is 5.69 Å². The van der Waals surface area contributed by atoms with Crippen molar-refractivity contribution in [2.75, 3.05) is 0 Å². The van der Waals surface area contributed by atoms with Crippen molar-refractivity contribution >= 4 is 29.2 Å². The largest absolute Gasteiger partial charge is 0.481 e. The van der Waals surface area contributed by atoms with Crippen LogP contribution in [0.5, 0.6) is 0 Å². The van der Waals surface area contributed by atoms with E-state index in [0.717, 1.165) is 11.1 Å². The van der Waals surface area contributed by atoms with Gasteiger partial charge in [0, 0.05) is 11.8 Å². The second-order valence-electron chi connectivity index (χ2n) is 3.74. The van der Waals surface area contributed by atoms with Gasteiger partial charge in [-0.05, 0) is 23.8 Å². The molecule has 0 atom stereocenters. The molecule has 2 aromatic rings. The Hall–Kier alpha value is -1.58. The molecular formula is C13H9Cl2NO2. The maximum absolute atomic E-state index is 10.5. The monoisotopic (exact) mass is 281 g/mol. The molecule has 2 rings (SSSR count). The highest BCUT2D eigenvalue weighted by atomic mass is 35.5. The molecular weight excluding hydrogens is 273 g/mol. The molecule has 0 aliphatic carbocycles. The third-order valence-corrected chi connectivity index (χ3v) is 3.15. The summed E-state index contributed by atoms with van der Waals surface area (Å²) in [6.07, 6.45) is 1.54. The lowest BCUT2D eigenvalue weighted by Crippen LogP contribution is -2.01. The highest BCUT2D eigenvalue weighted by molar-refractivity contribution is 6.42. The summed E-state index contributed by atoms with van der Waals surface area (Å²) in [5, 5.41) is 9.62. The highest BCUT2D eigenvalue weighted by Gasteiger charge is 2.05. The normalized spacial score (nSPS) is 10.3. The number of hydrogen-bond donors (Lipinski definition) is 1. The zero-order chi connectivity index (χ0) is 13.1. The Morgan fingerprint density at radius 1 is 1.11 bits per heavy atom. The number of aliphatic carboxylic acids is 1. The fourth-order valence-corrected chi connectivity index (χ4v) is 1.83. The van der Waals surface area contributed by atoms with Crippen molar-refractivity contribution in [3.05, 3.63) is 52.3 Å². The number of rotatable bonds is 3. The van der Waals surface area contributed by atoms with Gasteiger partial charge in [-0.25, -0.2) is 0 Å². The minimum atomic E-state index is -0.898. The lowest BCUT2D eigenvalue weighted by atomic mass is 10.1. The number of aromatic nitrogens is 1. The lowest BCUT2D eigenvalue weighted by molar-refractivity contribution is -0.136. The second kappa shape index (κ2) is 5.38. The molecule has 0 fully saturated rings. The van der Waals surface area contributed by atoms with Gasteiger partial charge in [-0.2, -0.15) is 0 Å². The van der Waals surface area contributed by atoms with Crippen molar-refractivity contribution in [1.29, 1.82) is 0 Å². The van der Waals surface area contributed by atoms with Gasteiger partial charge in [0.05, 0.1) is 22.2 Å². The Morgan fingerprint density at radius 2 is 1.83 bits per heavy atom. The van der Waals surface area contributed by atoms with Gasteiger partial charge >= 0.3 is 5.97 Å². The standard InChI is InChI=1S/C13H9Cl2NO2/c14-11-4-2-8(5-12(11)15)9-1-3-10(16-7-9)6-13(17)18/h1-5,7H,6H2,(H,17,18). The smallest absolute Gasteiger partial charge is 0.309 e. The predicted molar refractivity (Wildman–Crippen MR) is 71.0 cm³/mol. The number of hydrogen-bond acceptors (Lipinski definition) is 2. The number of benzene rings is 1. The molecule has 1 heterocycles. The Bertz CT molecular complexity index is 582. The fraction of sp³-hybridized carbons (Fsp3) is 0.0769. The van der Waals surface area contributed by atoms with Crippen LogP contribution < -0.4 is 0 Å². The lowest BCUT2D eigenvalue weighted by Gasteiger charge is -2.04. The molecule has 0 unspecified atom stereocenters. The molecule has 0 spiro atoms. The number of carboxylic acid groups (broad SMARTS) is 1. The maximum Gasteiger partial charge on any atom is 0.309 e. The topological polar surface area (TPSA) is 50.2 Å². The Labute approximate surface area is 114 Å². The van der Waals surface area contributed by atoms with Crippen LogP contribution in [-0.2, 0) is 11.2 Å². The van der Waals surface area contributed by atoms with Crippen molar-refractivity contribution in [3.63, 3.8) is 0 Å². The molecule has 0 saturated heterocycles. The number of halogens is 2. The summed E-state index contributed by atoms with van der Waals surface area (Å²) in [5.41, 5.74) is 2.27. The van der Waals surface area contributed by atoms with Gasteiger partial charge in [0.15, 0.2) is 0 Å². The Morgan fingerprint density at radius 3 is 2.39 bits per heavy atom. The van der Waals surface area contributed by atoms with Gasteiger partial charge in [-0.1, -0.05) is 35.3 Å². The van der Waals surface area contributed by atoms with Gasteiger partial charge in [0.25, 0.3) is 0 Å². The van der Waals surface area contributed by atoms with Crippen molar-refractivity contribution < 1.29 is 9.90 Å². The second-order valence-corrected chi connectivity index (χ2v) is 4.55. The van der Waals surface area contributed by atoms with Crippen LogP contribution in [0.3, 0.4) is 0 Å². The predicted octanol–water partition coefficient (Wildman–Crippen LogP) is 3.68. The summed E-state index contributed by atoms with van der Waals surface area (Å²) in [4.78, 5) is 14.6. The number of carbonyl (C=O) groups is 1. The van der Waals surface area contributed by atoms with E-state index in [9.17, 15) is 4.79 Å². The average molecular weight is 282 g/mol. The number of nitrogens with zero attached hydrogens (tertiary/aromatic N) is 1. The molecule has 0 saturated carbocycles. The van der Waals surface area contributed by atoms with Gasteiger partial charge in [-0.15, -0.1) is 0 Å². The molecule has 1 aromatic carbocycles. The first-order chi connectivity index (χ1) is 8.56. The molecule has 0 amide bonds. The van der Waals surface area contributed by atoms with Crippen LogP contribution >= 0.6 is 23.2 Å². The number of carboxylic acids is 1. The maximum atomic E-state index is 10.5. The molecule has 0 radical (unpaired) electrons. The number of pyridine rings is 1. The first kappa shape index (κ1) is 12.9. The van der Waals surface area contributed by atoms with E-state index in [1.165, 1.54) is 0 Å². The summed E-state index contributed by atoms with van der Waals surface area (Å²) >= 11 is 11.8. The van der Waals surface area contributed by atoms with E-state index in [1.807, 2.05) is 12.1 Å². The molecule has 1 aromatic heterocycles. The van der Waals surface area contributed by atoms with Crippen LogP contribution in [0.4, 0.5) is 0 Å². The fourth-order valence-electron chi connectivity index (χ4n) is 1.53. The molecule has 0 aliphatic heterocycles. The van der Waals surface area contributed by atoms with E-state index in [2.05, 4.69) is 4.98 Å². The summed E-state index contributed by atoms with van der Waals surface area (Å²) in [6.45, 7) is 0. The first-order valence-electron chi connectivity index (χ1n) is 5.18. The summed E-state index contributed by atoms with van der Waals surface area (Å²) in [5.74, 6) is -0.898. The minimum absolute atomic E-state index is 0.0817. The van der Waals surface area contributed by atoms with Crippen LogP contribution in [0.15, 0.2) is 36.5 Å². The molecule has 0 aliphatic rings. The quantitative estimate of drug-likeness (QED) is 0.934. The van der Waals surface area contributed by atoms with Crippen LogP contribution in [0.2, 0.25) is 10.0 Å². The summed E-state index contributed by atoms with van der Waals surface area (Å²) in [6, 6.07) is 8.79. The van der Waals surface area contributed by atoms with Crippen LogP contribution in [-0.4, -0.2) is 16.1 Å². The van der Waals surface area contributed by atoms with Crippen LogP contribution in [0.25, 0.3) is 11.1 Å². The first-order valence-corrected chi connectivity index (χ1v) is 5.94. The van der Waals surface area contributed by atoms with Crippen molar-refractivity contribution in [2.45, 2.75) is 6.42 Å². The highest BCUT2D eigenvalue weighted by Crippen LogP contribution is 2.28. The van der Waals surface area contributed by atoms with Gasteiger partial charge in [-0.3, -0.25) is 9.78 Å². The summed E-state index contributed by atoms with van der Waals surface area (Å²) < 4.78 is 0. The Kier molecular flexibility index (Phi) is 3.84. The summed E-state index contributed by atoms with van der Waals surface area (Å²) in [7, 11) is 0. The van der Waals surface area contributed by atoms with Crippen LogP contribution in [0, 0.1) is 0 Å². The molecule has 18 heavy (non-hydrogen) atoms. The van der Waals surface area contributed by atoms with Crippen molar-refractivity contribution in [3.8, 4) is 11.1 Å². The van der Waals surface area contributed by atoms with Crippen molar-refractivity contribution in [1.82, 2.24) is 4.98 Å². The van der Waals surface area contributed by atoms with E-state index in [4.69, 9.17) is 28.3 Å². The van der Waals surface area contributed by atoms with Crippen molar-refractivity contribution in [2.24, 2.45) is 0 Å². The zero-order valence-corrected chi connectivity index (χ0v) is 10.7. The SMILES string of the molecule is O=C(O)Cc1ccc(-c2ccc(Cl)c(Cl)c2)cn1. The zero-order valence-electron chi connectivity index (χ0n) is 9.23. The third kappa shape index (κ3) is 3.00. The molecule has 92 valence electrons. The van der Waals surface area contributed by atoms with E-state index < -0.39 is 5.97 Å². The molecule has 5 heteroatoms. The average Bonchev–Trinajstić information content (AvgIpc) is 2.33. The molecule has 3 nitrogen and oxygen atoms in total. The van der Waals surface area contributed by atoms with Gasteiger partial charge < -0.3 is 5.11 Å². The van der Waals surface area contributed by atoms with E-state index in [-0.39, 0.29) is 6.42 Å². The van der Waals surface area contributed by atoms with Gasteiger partial charge in [0.2, 0.25) is 0 Å². The Balaban J connectivity index is 2.28. The molecule has 1 N–H and O–H groups in total.